The number of likely N-dealkylation sites (tertiary alicyclic amines) is 1. The van der Waals surface area contributed by atoms with E-state index in [4.69, 9.17) is 0 Å². The molecule has 2 aliphatic heterocycles. The highest BCUT2D eigenvalue weighted by Crippen LogP contribution is 2.44. The van der Waals surface area contributed by atoms with Gasteiger partial charge in [0, 0.05) is 12.2 Å². The van der Waals surface area contributed by atoms with Crippen molar-refractivity contribution in [2.24, 2.45) is 5.41 Å². The van der Waals surface area contributed by atoms with E-state index < -0.39 is 23.0 Å². The number of piperidine rings is 1. The van der Waals surface area contributed by atoms with Gasteiger partial charge in [0.05, 0.1) is 5.41 Å². The van der Waals surface area contributed by atoms with Crippen LogP contribution < -0.4 is 0 Å². The van der Waals surface area contributed by atoms with Crippen LogP contribution in [0.4, 0.5) is 13.2 Å². The average Bonchev–Trinajstić information content (AvgIpc) is 2.61. The molecule has 3 heterocycles. The van der Waals surface area contributed by atoms with E-state index >= 15 is 0 Å². The standard InChI is InChI=1S/C19H25F3N2OS/c20-19(21,22)17-11-15(5-8-23-17)14-1-3-16(4-2-14)24-9-6-18(7-10-24)12-26(25)13-18/h5,8,11,14,16H,1-4,6-7,9-10,12-13H2/t14-,16+. The number of pyridine rings is 1. The Bertz CT molecular complexity index is 630. The normalized spacial score (nSPS) is 30.3. The van der Waals surface area contributed by atoms with Gasteiger partial charge in [0.25, 0.3) is 0 Å². The molecular weight excluding hydrogens is 361 g/mol. The molecule has 2 saturated heterocycles. The molecule has 1 aliphatic carbocycles. The van der Waals surface area contributed by atoms with Gasteiger partial charge in [-0.1, -0.05) is 11.2 Å². The summed E-state index contributed by atoms with van der Waals surface area (Å²) < 4.78 is 50.1. The molecule has 0 radical (unpaired) electrons. The fourth-order valence-corrected chi connectivity index (χ4v) is 6.78. The van der Waals surface area contributed by atoms with Crippen molar-refractivity contribution in [3.8, 4) is 0 Å². The molecule has 1 aromatic heterocycles. The molecule has 1 spiro atoms. The molecule has 3 nitrogen and oxygen atoms in total. The summed E-state index contributed by atoms with van der Waals surface area (Å²) in [7, 11) is 0. The maximum Gasteiger partial charge on any atom is 0.433 e. The summed E-state index contributed by atoms with van der Waals surface area (Å²) in [5.41, 5.74) is 0.348. The lowest BCUT2D eigenvalue weighted by Gasteiger charge is -2.49. The summed E-state index contributed by atoms with van der Waals surface area (Å²) in [5, 5.41) is 0. The van der Waals surface area contributed by atoms with Gasteiger partial charge in [-0.25, -0.2) is 0 Å². The zero-order valence-corrected chi connectivity index (χ0v) is 15.6. The minimum Gasteiger partial charge on any atom is -0.616 e. The molecule has 0 amide bonds. The largest absolute Gasteiger partial charge is 0.616 e. The lowest BCUT2D eigenvalue weighted by Crippen LogP contribution is -2.56. The second-order valence-corrected chi connectivity index (χ2v) is 9.70. The van der Waals surface area contributed by atoms with Crippen LogP contribution in [0.5, 0.6) is 0 Å². The van der Waals surface area contributed by atoms with E-state index in [0.29, 0.717) is 11.5 Å². The smallest absolute Gasteiger partial charge is 0.433 e. The van der Waals surface area contributed by atoms with E-state index in [1.165, 1.54) is 12.3 Å². The second-order valence-electron chi connectivity index (χ2n) is 8.24. The van der Waals surface area contributed by atoms with Crippen molar-refractivity contribution >= 4 is 11.2 Å². The van der Waals surface area contributed by atoms with Gasteiger partial charge in [0.2, 0.25) is 0 Å². The summed E-state index contributed by atoms with van der Waals surface area (Å²) in [6.45, 7) is 2.17. The topological polar surface area (TPSA) is 39.2 Å². The number of alkyl halides is 3. The van der Waals surface area contributed by atoms with Gasteiger partial charge >= 0.3 is 6.18 Å². The summed E-state index contributed by atoms with van der Waals surface area (Å²) in [6.07, 6.45) is 3.20. The van der Waals surface area contributed by atoms with E-state index in [0.717, 1.165) is 68.7 Å². The molecule has 3 fully saturated rings. The Labute approximate surface area is 155 Å². The first-order valence-corrected chi connectivity index (χ1v) is 11.0. The van der Waals surface area contributed by atoms with E-state index in [1.807, 2.05) is 0 Å². The molecule has 144 valence electrons. The van der Waals surface area contributed by atoms with Crippen LogP contribution in [0.25, 0.3) is 0 Å². The van der Waals surface area contributed by atoms with Gasteiger partial charge in [-0.05, 0) is 75.2 Å². The molecule has 1 aromatic rings. The lowest BCUT2D eigenvalue weighted by atomic mass is 9.78. The minimum atomic E-state index is -4.37. The minimum absolute atomic E-state index is 0.209. The van der Waals surface area contributed by atoms with Crippen molar-refractivity contribution in [2.75, 3.05) is 24.6 Å². The van der Waals surface area contributed by atoms with Crippen LogP contribution in [0, 0.1) is 5.41 Å². The Morgan fingerprint density at radius 2 is 1.77 bits per heavy atom. The third kappa shape index (κ3) is 3.76. The highest BCUT2D eigenvalue weighted by molar-refractivity contribution is 7.92. The van der Waals surface area contributed by atoms with Crippen molar-refractivity contribution in [1.29, 1.82) is 0 Å². The van der Waals surface area contributed by atoms with Gasteiger partial charge in [-0.2, -0.15) is 13.2 Å². The molecule has 1 saturated carbocycles. The number of hydrogen-bond acceptors (Lipinski definition) is 3. The Hall–Kier alpha value is -0.790. The third-order valence-corrected chi connectivity index (χ3v) is 8.42. The number of rotatable bonds is 2. The molecule has 26 heavy (non-hydrogen) atoms. The first-order valence-electron chi connectivity index (χ1n) is 9.47. The van der Waals surface area contributed by atoms with Crippen molar-refractivity contribution in [2.45, 2.75) is 56.7 Å². The molecule has 0 bridgehead atoms. The quantitative estimate of drug-likeness (QED) is 0.722. The molecule has 0 aromatic carbocycles. The highest BCUT2D eigenvalue weighted by atomic mass is 32.2. The van der Waals surface area contributed by atoms with E-state index in [9.17, 15) is 17.7 Å². The maximum absolute atomic E-state index is 12.9. The number of hydrogen-bond donors (Lipinski definition) is 0. The van der Waals surface area contributed by atoms with Crippen LogP contribution in [-0.4, -0.2) is 45.1 Å². The highest BCUT2D eigenvalue weighted by Gasteiger charge is 2.50. The monoisotopic (exact) mass is 386 g/mol. The molecule has 0 atom stereocenters. The fourth-order valence-electron chi connectivity index (χ4n) is 4.92. The summed E-state index contributed by atoms with van der Waals surface area (Å²) >= 11 is -0.583. The Balaban J connectivity index is 1.31. The third-order valence-electron chi connectivity index (χ3n) is 6.55. The predicted molar refractivity (Wildman–Crippen MR) is 95.4 cm³/mol. The van der Waals surface area contributed by atoms with Crippen LogP contribution >= 0.6 is 0 Å². The van der Waals surface area contributed by atoms with Crippen LogP contribution in [0.1, 0.15) is 55.7 Å². The predicted octanol–water partition coefficient (Wildman–Crippen LogP) is 3.97. The van der Waals surface area contributed by atoms with Crippen LogP contribution in [0.2, 0.25) is 0 Å². The van der Waals surface area contributed by atoms with E-state index in [-0.39, 0.29) is 5.92 Å². The van der Waals surface area contributed by atoms with E-state index in [2.05, 4.69) is 9.88 Å². The lowest BCUT2D eigenvalue weighted by molar-refractivity contribution is -0.141. The van der Waals surface area contributed by atoms with Crippen LogP contribution in [0.15, 0.2) is 18.3 Å². The Morgan fingerprint density at radius 1 is 1.12 bits per heavy atom. The van der Waals surface area contributed by atoms with Crippen LogP contribution in [-0.2, 0) is 17.4 Å². The molecule has 0 unspecified atom stereocenters. The molecule has 0 N–H and O–H groups in total. The molecule has 3 aliphatic rings. The zero-order chi connectivity index (χ0) is 18.4. The van der Waals surface area contributed by atoms with Gasteiger partial charge < -0.3 is 9.45 Å². The van der Waals surface area contributed by atoms with Crippen molar-refractivity contribution < 1.29 is 17.7 Å². The fraction of sp³-hybridized carbons (Fsp3) is 0.737. The Kier molecular flexibility index (Phi) is 4.99. The number of aromatic nitrogens is 1. The molecule has 4 rings (SSSR count). The maximum atomic E-state index is 12.9. The van der Waals surface area contributed by atoms with Gasteiger partial charge in [-0.3, -0.25) is 4.98 Å². The van der Waals surface area contributed by atoms with Crippen molar-refractivity contribution in [3.05, 3.63) is 29.6 Å². The summed E-state index contributed by atoms with van der Waals surface area (Å²) in [6, 6.07) is 3.52. The number of halogens is 3. The zero-order valence-electron chi connectivity index (χ0n) is 14.8. The average molecular weight is 386 g/mol. The van der Waals surface area contributed by atoms with E-state index in [1.54, 1.807) is 6.07 Å². The molecular formula is C19H25F3N2OS. The van der Waals surface area contributed by atoms with Gasteiger partial charge in [0.15, 0.2) is 0 Å². The first-order chi connectivity index (χ1) is 12.3. The summed E-state index contributed by atoms with van der Waals surface area (Å²) in [5.74, 6) is 1.98. The van der Waals surface area contributed by atoms with Gasteiger partial charge in [-0.15, -0.1) is 0 Å². The summed E-state index contributed by atoms with van der Waals surface area (Å²) in [4.78, 5) is 6.04. The van der Waals surface area contributed by atoms with Crippen molar-refractivity contribution in [3.63, 3.8) is 0 Å². The molecule has 7 heteroatoms. The second kappa shape index (κ2) is 6.99. The van der Waals surface area contributed by atoms with Crippen molar-refractivity contribution in [1.82, 2.24) is 9.88 Å². The van der Waals surface area contributed by atoms with Gasteiger partial charge in [0.1, 0.15) is 17.2 Å². The number of nitrogens with zero attached hydrogens (tertiary/aromatic N) is 2. The Morgan fingerprint density at radius 3 is 2.35 bits per heavy atom. The SMILES string of the molecule is [O-][S+]1CC2(CCN([C@H]3CC[C@@H](c4ccnc(C(F)(F)F)c4)CC3)CC2)C1. The first kappa shape index (κ1) is 18.6. The van der Waals surface area contributed by atoms with Crippen LogP contribution in [0.3, 0.4) is 0 Å².